The van der Waals surface area contributed by atoms with Crippen LogP contribution in [0.2, 0.25) is 0 Å². The standard InChI is InChI=1S/C18H28N2O/c1-21-12-11-20-15-18(16-5-9-19-10-6-16)13-17(14-18)7-3-2-4-8-17/h5-6,9-10,20H,2-4,7-8,11-15H2,1H3. The molecule has 3 heteroatoms. The normalized spacial score (nSPS) is 22.9. The number of hydrogen-bond donors (Lipinski definition) is 1. The lowest BCUT2D eigenvalue weighted by Gasteiger charge is -2.59. The number of nitrogens with zero attached hydrogens (tertiary/aromatic N) is 1. The molecule has 2 saturated carbocycles. The summed E-state index contributed by atoms with van der Waals surface area (Å²) in [5.74, 6) is 0. The summed E-state index contributed by atoms with van der Waals surface area (Å²) in [4.78, 5) is 4.19. The van der Waals surface area contributed by atoms with Crippen molar-refractivity contribution in [2.75, 3.05) is 26.8 Å². The molecule has 3 rings (SSSR count). The number of aromatic nitrogens is 1. The van der Waals surface area contributed by atoms with Crippen molar-refractivity contribution in [2.45, 2.75) is 50.4 Å². The molecular weight excluding hydrogens is 260 g/mol. The minimum Gasteiger partial charge on any atom is -0.383 e. The van der Waals surface area contributed by atoms with E-state index in [2.05, 4.69) is 22.4 Å². The third-order valence-corrected chi connectivity index (χ3v) is 5.58. The molecule has 0 aliphatic heterocycles. The van der Waals surface area contributed by atoms with Crippen LogP contribution in [0.1, 0.15) is 50.5 Å². The Kier molecular flexibility index (Phi) is 4.60. The molecule has 1 spiro atoms. The average Bonchev–Trinajstić information content (AvgIpc) is 2.51. The maximum atomic E-state index is 5.15. The van der Waals surface area contributed by atoms with Crippen molar-refractivity contribution in [3.63, 3.8) is 0 Å². The number of methoxy groups -OCH3 is 1. The highest BCUT2D eigenvalue weighted by molar-refractivity contribution is 5.30. The summed E-state index contributed by atoms with van der Waals surface area (Å²) >= 11 is 0. The Balaban J connectivity index is 1.68. The molecule has 0 atom stereocenters. The Morgan fingerprint density at radius 3 is 2.52 bits per heavy atom. The molecule has 1 aromatic rings. The molecule has 1 heterocycles. The predicted octanol–water partition coefficient (Wildman–Crippen LogP) is 3.30. The van der Waals surface area contributed by atoms with Crippen LogP contribution in [-0.2, 0) is 10.2 Å². The highest BCUT2D eigenvalue weighted by atomic mass is 16.5. The summed E-state index contributed by atoms with van der Waals surface area (Å²) in [6.45, 7) is 2.80. The first-order chi connectivity index (χ1) is 10.3. The first-order valence-electron chi connectivity index (χ1n) is 8.39. The van der Waals surface area contributed by atoms with Crippen LogP contribution in [0.3, 0.4) is 0 Å². The monoisotopic (exact) mass is 288 g/mol. The molecule has 2 fully saturated rings. The SMILES string of the molecule is COCCNCC1(c2ccncc2)CC2(CCCCC2)C1. The van der Waals surface area contributed by atoms with E-state index in [1.807, 2.05) is 12.4 Å². The summed E-state index contributed by atoms with van der Waals surface area (Å²) in [6, 6.07) is 4.43. The van der Waals surface area contributed by atoms with Crippen LogP contribution in [0.5, 0.6) is 0 Å². The Hall–Kier alpha value is -0.930. The van der Waals surface area contributed by atoms with Gasteiger partial charge in [-0.05, 0) is 48.8 Å². The Morgan fingerprint density at radius 1 is 1.14 bits per heavy atom. The van der Waals surface area contributed by atoms with Gasteiger partial charge in [-0.1, -0.05) is 19.3 Å². The first-order valence-corrected chi connectivity index (χ1v) is 8.39. The molecule has 2 aliphatic rings. The fourth-order valence-electron chi connectivity index (χ4n) is 4.68. The van der Waals surface area contributed by atoms with Crippen molar-refractivity contribution in [2.24, 2.45) is 5.41 Å². The molecule has 1 N–H and O–H groups in total. The summed E-state index contributed by atoms with van der Waals surface area (Å²) in [5, 5.41) is 3.60. The molecule has 2 aliphatic carbocycles. The quantitative estimate of drug-likeness (QED) is 0.816. The molecule has 0 radical (unpaired) electrons. The van der Waals surface area contributed by atoms with E-state index in [0.717, 1.165) is 19.7 Å². The first kappa shape index (κ1) is 15.0. The number of rotatable bonds is 6. The van der Waals surface area contributed by atoms with E-state index in [0.29, 0.717) is 10.8 Å². The second kappa shape index (κ2) is 6.45. The van der Waals surface area contributed by atoms with E-state index in [1.54, 1.807) is 7.11 Å². The molecule has 0 bridgehead atoms. The van der Waals surface area contributed by atoms with Crippen LogP contribution in [0.15, 0.2) is 24.5 Å². The average molecular weight is 288 g/mol. The van der Waals surface area contributed by atoms with E-state index in [1.165, 1.54) is 50.5 Å². The topological polar surface area (TPSA) is 34.1 Å². The van der Waals surface area contributed by atoms with E-state index in [-0.39, 0.29) is 0 Å². The smallest absolute Gasteiger partial charge is 0.0587 e. The number of pyridine rings is 1. The molecule has 1 aromatic heterocycles. The van der Waals surface area contributed by atoms with Crippen molar-refractivity contribution in [1.29, 1.82) is 0 Å². The minimum atomic E-state index is 0.327. The maximum Gasteiger partial charge on any atom is 0.0587 e. The van der Waals surface area contributed by atoms with Gasteiger partial charge in [0.05, 0.1) is 6.61 Å². The van der Waals surface area contributed by atoms with Crippen molar-refractivity contribution in [1.82, 2.24) is 10.3 Å². The van der Waals surface area contributed by atoms with E-state index < -0.39 is 0 Å². The van der Waals surface area contributed by atoms with Gasteiger partial charge in [0.25, 0.3) is 0 Å². The van der Waals surface area contributed by atoms with Gasteiger partial charge in [-0.2, -0.15) is 0 Å². The minimum absolute atomic E-state index is 0.327. The summed E-state index contributed by atoms with van der Waals surface area (Å²) in [7, 11) is 1.76. The Labute approximate surface area is 128 Å². The summed E-state index contributed by atoms with van der Waals surface area (Å²) in [5.41, 5.74) is 2.44. The molecule has 21 heavy (non-hydrogen) atoms. The van der Waals surface area contributed by atoms with Crippen molar-refractivity contribution < 1.29 is 4.74 Å². The van der Waals surface area contributed by atoms with Gasteiger partial charge >= 0.3 is 0 Å². The summed E-state index contributed by atoms with van der Waals surface area (Å²) in [6.07, 6.45) is 13.8. The van der Waals surface area contributed by atoms with Crippen LogP contribution in [0.25, 0.3) is 0 Å². The van der Waals surface area contributed by atoms with Gasteiger partial charge in [0.15, 0.2) is 0 Å². The molecule has 3 nitrogen and oxygen atoms in total. The highest BCUT2D eigenvalue weighted by Crippen LogP contribution is 2.61. The van der Waals surface area contributed by atoms with Crippen molar-refractivity contribution >= 4 is 0 Å². The molecule has 116 valence electrons. The Morgan fingerprint density at radius 2 is 1.86 bits per heavy atom. The zero-order chi connectivity index (χ0) is 14.6. The zero-order valence-electron chi connectivity index (χ0n) is 13.2. The fourth-order valence-corrected chi connectivity index (χ4v) is 4.68. The van der Waals surface area contributed by atoms with Crippen molar-refractivity contribution in [3.05, 3.63) is 30.1 Å². The van der Waals surface area contributed by atoms with Gasteiger partial charge in [0, 0.05) is 38.0 Å². The van der Waals surface area contributed by atoms with Crippen LogP contribution in [0, 0.1) is 5.41 Å². The highest BCUT2D eigenvalue weighted by Gasteiger charge is 2.54. The lowest BCUT2D eigenvalue weighted by molar-refractivity contribution is -0.0133. The van der Waals surface area contributed by atoms with Gasteiger partial charge in [0.1, 0.15) is 0 Å². The molecule has 0 aromatic carbocycles. The largest absolute Gasteiger partial charge is 0.383 e. The third-order valence-electron chi connectivity index (χ3n) is 5.58. The van der Waals surface area contributed by atoms with Gasteiger partial charge in [-0.3, -0.25) is 4.98 Å². The predicted molar refractivity (Wildman–Crippen MR) is 85.4 cm³/mol. The van der Waals surface area contributed by atoms with E-state index in [4.69, 9.17) is 4.74 Å². The van der Waals surface area contributed by atoms with E-state index in [9.17, 15) is 0 Å². The number of nitrogens with one attached hydrogen (secondary N) is 1. The van der Waals surface area contributed by atoms with Gasteiger partial charge in [0.2, 0.25) is 0 Å². The fraction of sp³-hybridized carbons (Fsp3) is 0.722. The second-order valence-electron chi connectivity index (χ2n) is 7.10. The third kappa shape index (κ3) is 3.14. The van der Waals surface area contributed by atoms with E-state index >= 15 is 0 Å². The number of ether oxygens (including phenoxy) is 1. The van der Waals surface area contributed by atoms with Crippen LogP contribution >= 0.6 is 0 Å². The van der Waals surface area contributed by atoms with Gasteiger partial charge in [-0.15, -0.1) is 0 Å². The lowest BCUT2D eigenvalue weighted by Crippen LogP contribution is -2.55. The van der Waals surface area contributed by atoms with Crippen LogP contribution < -0.4 is 5.32 Å². The molecule has 0 amide bonds. The Bertz CT molecular complexity index is 432. The van der Waals surface area contributed by atoms with Crippen molar-refractivity contribution in [3.8, 4) is 0 Å². The maximum absolute atomic E-state index is 5.15. The molecule has 0 unspecified atom stereocenters. The summed E-state index contributed by atoms with van der Waals surface area (Å²) < 4.78 is 5.15. The van der Waals surface area contributed by atoms with Gasteiger partial charge in [-0.25, -0.2) is 0 Å². The van der Waals surface area contributed by atoms with Gasteiger partial charge < -0.3 is 10.1 Å². The molecular formula is C18H28N2O. The second-order valence-corrected chi connectivity index (χ2v) is 7.10. The zero-order valence-corrected chi connectivity index (χ0v) is 13.2. The lowest BCUT2D eigenvalue weighted by atomic mass is 9.46. The number of hydrogen-bond acceptors (Lipinski definition) is 3. The van der Waals surface area contributed by atoms with Crippen LogP contribution in [-0.4, -0.2) is 31.8 Å². The molecule has 0 saturated heterocycles. The van der Waals surface area contributed by atoms with Crippen LogP contribution in [0.4, 0.5) is 0 Å².